The van der Waals surface area contributed by atoms with Crippen LogP contribution in [-0.2, 0) is 16.4 Å². The van der Waals surface area contributed by atoms with Crippen molar-refractivity contribution in [1.82, 2.24) is 4.72 Å². The van der Waals surface area contributed by atoms with E-state index >= 15 is 0 Å². The molecule has 0 aliphatic heterocycles. The van der Waals surface area contributed by atoms with E-state index in [1.54, 1.807) is 12.1 Å². The number of carbonyl (C=O) groups is 1. The Balaban J connectivity index is 2.09. The third-order valence-electron chi connectivity index (χ3n) is 4.34. The Bertz CT molecular complexity index is 977. The lowest BCUT2D eigenvalue weighted by Crippen LogP contribution is -2.26. The number of benzene rings is 2. The zero-order valence-electron chi connectivity index (χ0n) is 16.8. The van der Waals surface area contributed by atoms with Crippen LogP contribution in [0.1, 0.15) is 22.3 Å². The van der Waals surface area contributed by atoms with Gasteiger partial charge in [0.25, 0.3) is 0 Å². The zero-order chi connectivity index (χ0) is 22.1. The highest BCUT2D eigenvalue weighted by Crippen LogP contribution is 2.27. The van der Waals surface area contributed by atoms with Gasteiger partial charge in [-0.15, -0.1) is 0 Å². The summed E-state index contributed by atoms with van der Waals surface area (Å²) in [6.07, 6.45) is 0.850. The van der Waals surface area contributed by atoms with E-state index in [0.29, 0.717) is 36.6 Å². The topological polar surface area (TPSA) is 134 Å². The molecular formula is C20H26N2O7S. The average molecular weight is 439 g/mol. The minimum absolute atomic E-state index is 0.0359. The Kier molecular flexibility index (Phi) is 8.46. The van der Waals surface area contributed by atoms with Crippen molar-refractivity contribution in [2.24, 2.45) is 0 Å². The lowest BCUT2D eigenvalue weighted by Gasteiger charge is -2.12. The Hall–Kier alpha value is -2.82. The Morgan fingerprint density at radius 1 is 1.03 bits per heavy atom. The molecule has 2 rings (SSSR count). The molecule has 0 unspecified atom stereocenters. The highest BCUT2D eigenvalue weighted by Gasteiger charge is 2.19. The number of aliphatic hydroxyl groups excluding tert-OH is 1. The number of aliphatic hydroxyl groups is 1. The van der Waals surface area contributed by atoms with Gasteiger partial charge in [0.1, 0.15) is 0 Å². The summed E-state index contributed by atoms with van der Waals surface area (Å²) in [5.74, 6) is -0.118. The highest BCUT2D eigenvalue weighted by molar-refractivity contribution is 7.89. The fourth-order valence-corrected chi connectivity index (χ4v) is 3.83. The van der Waals surface area contributed by atoms with E-state index in [1.165, 1.54) is 26.4 Å². The number of ether oxygens (including phenoxy) is 2. The molecule has 4 N–H and O–H groups in total. The molecule has 0 fully saturated rings. The molecule has 0 saturated carbocycles. The van der Waals surface area contributed by atoms with Crippen molar-refractivity contribution in [2.75, 3.05) is 39.2 Å². The molecule has 2 aromatic rings. The van der Waals surface area contributed by atoms with E-state index in [4.69, 9.17) is 14.6 Å². The molecule has 2 aromatic carbocycles. The normalized spacial score (nSPS) is 11.2. The number of methoxy groups -OCH3 is 2. The maximum Gasteiger partial charge on any atom is 0.337 e. The summed E-state index contributed by atoms with van der Waals surface area (Å²) < 4.78 is 38.1. The lowest BCUT2D eigenvalue weighted by molar-refractivity contribution is 0.0697. The quantitative estimate of drug-likeness (QED) is 0.368. The predicted molar refractivity (Wildman–Crippen MR) is 112 cm³/mol. The molecule has 164 valence electrons. The van der Waals surface area contributed by atoms with Crippen molar-refractivity contribution in [3.8, 4) is 11.5 Å². The summed E-state index contributed by atoms with van der Waals surface area (Å²) in [5, 5.41) is 21.1. The Labute approximate surface area is 175 Å². The molecule has 0 aliphatic carbocycles. The van der Waals surface area contributed by atoms with Gasteiger partial charge in [-0.25, -0.2) is 17.9 Å². The summed E-state index contributed by atoms with van der Waals surface area (Å²) in [6, 6.07) is 9.18. The SMILES string of the molecule is COc1ccc(CCNS(=O)(=O)c2ccc(NCCCO)c(C(=O)O)c2)cc1OC. The fourth-order valence-electron chi connectivity index (χ4n) is 2.77. The second-order valence-corrected chi connectivity index (χ2v) is 8.12. The minimum atomic E-state index is -3.89. The van der Waals surface area contributed by atoms with Gasteiger partial charge in [-0.05, 0) is 48.7 Å². The molecule has 0 aliphatic rings. The molecule has 0 heterocycles. The maximum absolute atomic E-state index is 12.6. The monoisotopic (exact) mass is 438 g/mol. The third-order valence-corrected chi connectivity index (χ3v) is 5.79. The first-order chi connectivity index (χ1) is 14.3. The van der Waals surface area contributed by atoms with Gasteiger partial charge in [0.15, 0.2) is 11.5 Å². The van der Waals surface area contributed by atoms with Crippen LogP contribution >= 0.6 is 0 Å². The zero-order valence-corrected chi connectivity index (χ0v) is 17.7. The lowest BCUT2D eigenvalue weighted by atomic mass is 10.1. The molecule has 0 bridgehead atoms. The second-order valence-electron chi connectivity index (χ2n) is 6.35. The predicted octanol–water partition coefficient (Wildman–Crippen LogP) is 1.72. The van der Waals surface area contributed by atoms with Gasteiger partial charge in [-0.1, -0.05) is 6.07 Å². The van der Waals surface area contributed by atoms with Crippen molar-refractivity contribution < 1.29 is 32.9 Å². The van der Waals surface area contributed by atoms with Crippen molar-refractivity contribution in [3.63, 3.8) is 0 Å². The van der Waals surface area contributed by atoms with E-state index in [9.17, 15) is 18.3 Å². The smallest absolute Gasteiger partial charge is 0.337 e. The van der Waals surface area contributed by atoms with Gasteiger partial charge in [-0.2, -0.15) is 0 Å². The molecular weight excluding hydrogens is 412 g/mol. The van der Waals surface area contributed by atoms with Crippen LogP contribution < -0.4 is 19.5 Å². The van der Waals surface area contributed by atoms with E-state index in [2.05, 4.69) is 10.0 Å². The Morgan fingerprint density at radius 2 is 1.77 bits per heavy atom. The van der Waals surface area contributed by atoms with Crippen LogP contribution in [0.2, 0.25) is 0 Å². The molecule has 0 aromatic heterocycles. The summed E-state index contributed by atoms with van der Waals surface area (Å²) in [5.41, 5.74) is 0.987. The summed E-state index contributed by atoms with van der Waals surface area (Å²) in [4.78, 5) is 11.4. The van der Waals surface area contributed by atoms with Crippen LogP contribution in [0.3, 0.4) is 0 Å². The van der Waals surface area contributed by atoms with E-state index in [-0.39, 0.29) is 23.6 Å². The number of carboxylic acid groups (broad SMARTS) is 1. The summed E-state index contributed by atoms with van der Waals surface area (Å²) in [6.45, 7) is 0.453. The number of hydrogen-bond acceptors (Lipinski definition) is 7. The summed E-state index contributed by atoms with van der Waals surface area (Å²) in [7, 11) is -0.841. The number of sulfonamides is 1. The highest BCUT2D eigenvalue weighted by atomic mass is 32.2. The van der Waals surface area contributed by atoms with Crippen LogP contribution in [0.5, 0.6) is 11.5 Å². The van der Waals surface area contributed by atoms with E-state index < -0.39 is 16.0 Å². The van der Waals surface area contributed by atoms with Gasteiger partial charge in [0, 0.05) is 25.4 Å². The van der Waals surface area contributed by atoms with Crippen LogP contribution in [0, 0.1) is 0 Å². The van der Waals surface area contributed by atoms with E-state index in [0.717, 1.165) is 11.6 Å². The first kappa shape index (κ1) is 23.5. The molecule has 0 saturated heterocycles. The minimum Gasteiger partial charge on any atom is -0.493 e. The number of carboxylic acids is 1. The molecule has 10 heteroatoms. The molecule has 0 radical (unpaired) electrons. The standard InChI is InChI=1S/C20H26N2O7S/c1-28-18-7-4-14(12-19(18)29-2)8-10-22-30(26,27)15-5-6-17(21-9-3-11-23)16(13-15)20(24)25/h4-7,12-13,21-23H,3,8-11H2,1-2H3,(H,24,25). The van der Waals surface area contributed by atoms with Crippen LogP contribution in [0.15, 0.2) is 41.3 Å². The first-order valence-corrected chi connectivity index (χ1v) is 10.7. The fraction of sp³-hybridized carbons (Fsp3) is 0.350. The number of hydrogen-bond donors (Lipinski definition) is 4. The summed E-state index contributed by atoms with van der Waals surface area (Å²) >= 11 is 0. The van der Waals surface area contributed by atoms with Crippen LogP contribution in [0.25, 0.3) is 0 Å². The molecule has 30 heavy (non-hydrogen) atoms. The number of nitrogens with one attached hydrogen (secondary N) is 2. The van der Waals surface area contributed by atoms with Gasteiger partial charge in [0.2, 0.25) is 10.0 Å². The average Bonchev–Trinajstić information content (AvgIpc) is 2.73. The van der Waals surface area contributed by atoms with Crippen LogP contribution in [-0.4, -0.2) is 58.5 Å². The van der Waals surface area contributed by atoms with E-state index in [1.807, 2.05) is 6.07 Å². The van der Waals surface area contributed by atoms with Gasteiger partial charge < -0.3 is 25.0 Å². The van der Waals surface area contributed by atoms with Crippen LogP contribution in [0.4, 0.5) is 5.69 Å². The van der Waals surface area contributed by atoms with Gasteiger partial charge >= 0.3 is 5.97 Å². The van der Waals surface area contributed by atoms with Gasteiger partial charge in [0.05, 0.1) is 24.7 Å². The number of anilines is 1. The molecule has 9 nitrogen and oxygen atoms in total. The Morgan fingerprint density at radius 3 is 2.40 bits per heavy atom. The molecule has 0 spiro atoms. The van der Waals surface area contributed by atoms with Crippen molar-refractivity contribution in [3.05, 3.63) is 47.5 Å². The first-order valence-electron chi connectivity index (χ1n) is 9.25. The number of rotatable bonds is 12. The second kappa shape index (κ2) is 10.8. The maximum atomic E-state index is 12.6. The molecule has 0 atom stereocenters. The third kappa shape index (κ3) is 6.09. The van der Waals surface area contributed by atoms with Crippen molar-refractivity contribution >= 4 is 21.7 Å². The number of aromatic carboxylic acids is 1. The van der Waals surface area contributed by atoms with Crippen molar-refractivity contribution in [2.45, 2.75) is 17.7 Å². The largest absolute Gasteiger partial charge is 0.493 e. The molecule has 0 amide bonds. The van der Waals surface area contributed by atoms with Gasteiger partial charge in [-0.3, -0.25) is 0 Å². The van der Waals surface area contributed by atoms with Crippen molar-refractivity contribution in [1.29, 1.82) is 0 Å².